The number of nitrogens with zero attached hydrogens (tertiary/aromatic N) is 1. The Morgan fingerprint density at radius 1 is 0.586 bits per heavy atom. The van der Waals surface area contributed by atoms with Gasteiger partial charge in [0.25, 0.3) is 0 Å². The minimum Gasteiger partial charge on any atom is -0.310 e. The minimum absolute atomic E-state index is 0.00241. The Labute approximate surface area is 174 Å². The lowest BCUT2D eigenvalue weighted by atomic mass is 9.82. The molecule has 0 atom stereocenters. The van der Waals surface area contributed by atoms with E-state index in [0.29, 0.717) is 0 Å². The number of rotatable bonds is 3. The van der Waals surface area contributed by atoms with E-state index in [-0.39, 0.29) is 5.41 Å². The van der Waals surface area contributed by atoms with E-state index in [1.165, 1.54) is 44.8 Å². The van der Waals surface area contributed by atoms with E-state index in [4.69, 9.17) is 0 Å². The Morgan fingerprint density at radius 3 is 1.93 bits per heavy atom. The largest absolute Gasteiger partial charge is 0.310 e. The summed E-state index contributed by atoms with van der Waals surface area (Å²) < 4.78 is 0. The lowest BCUT2D eigenvalue weighted by Crippen LogP contribution is -2.16. The number of fused-ring (bicyclic) bond motifs is 3. The van der Waals surface area contributed by atoms with Crippen molar-refractivity contribution in [3.8, 4) is 11.1 Å². The molecule has 0 unspecified atom stereocenters. The molecule has 2 heteroatoms. The second-order valence-corrected chi connectivity index (χ2v) is 8.41. The summed E-state index contributed by atoms with van der Waals surface area (Å²) in [5.41, 5.74) is 10.3. The molecule has 140 valence electrons. The molecule has 0 saturated heterocycles. The number of benzene rings is 4. The fraction of sp³-hybridized carbons (Fsp3) is 0.111. The maximum absolute atomic E-state index is 2.38. The highest BCUT2D eigenvalue weighted by atomic mass is 15.1. The predicted molar refractivity (Wildman–Crippen MR) is 127 cm³/mol. The zero-order chi connectivity index (χ0) is 20.0. The molecular formula is C27H24BN. The highest BCUT2D eigenvalue weighted by Gasteiger charge is 2.35. The van der Waals surface area contributed by atoms with Gasteiger partial charge in [-0.2, -0.15) is 0 Å². The second kappa shape index (κ2) is 6.67. The summed E-state index contributed by atoms with van der Waals surface area (Å²) in [6, 6.07) is 35.1. The topological polar surface area (TPSA) is 3.24 Å². The summed E-state index contributed by atoms with van der Waals surface area (Å²) in [5.74, 6) is 0. The van der Waals surface area contributed by atoms with Crippen molar-refractivity contribution in [1.29, 1.82) is 0 Å². The molecule has 0 radical (unpaired) electrons. The highest BCUT2D eigenvalue weighted by molar-refractivity contribution is 6.32. The summed E-state index contributed by atoms with van der Waals surface area (Å²) in [4.78, 5) is 2.35. The first-order valence-electron chi connectivity index (χ1n) is 10.2. The summed E-state index contributed by atoms with van der Waals surface area (Å²) in [6.45, 7) is 4.67. The molecule has 0 aliphatic heterocycles. The third kappa shape index (κ3) is 2.87. The summed E-state index contributed by atoms with van der Waals surface area (Å²) in [5, 5.41) is 0. The molecule has 0 amide bonds. The van der Waals surface area contributed by atoms with Crippen LogP contribution in [-0.2, 0) is 5.41 Å². The summed E-state index contributed by atoms with van der Waals surface area (Å²) in [6.07, 6.45) is 0. The zero-order valence-electron chi connectivity index (χ0n) is 17.2. The standard InChI is InChI=1S/C27H24BN/c1-27(2)25-11-7-6-10-23(25)24-17-16-22(18-26(24)27)29(20-8-4-3-5-9-20)21-14-12-19(28)13-15-21/h3-18H,28H2,1-2H3. The van der Waals surface area contributed by atoms with Crippen molar-refractivity contribution in [2.45, 2.75) is 19.3 Å². The molecule has 0 bridgehead atoms. The lowest BCUT2D eigenvalue weighted by Gasteiger charge is -2.28. The van der Waals surface area contributed by atoms with Gasteiger partial charge < -0.3 is 4.90 Å². The monoisotopic (exact) mass is 373 g/mol. The number of hydrogen-bond acceptors (Lipinski definition) is 1. The van der Waals surface area contributed by atoms with Crippen molar-refractivity contribution in [1.82, 2.24) is 0 Å². The molecule has 0 aromatic heterocycles. The predicted octanol–water partition coefficient (Wildman–Crippen LogP) is 5.72. The molecular weight excluding hydrogens is 349 g/mol. The number of hydrogen-bond donors (Lipinski definition) is 0. The van der Waals surface area contributed by atoms with Crippen LogP contribution in [-0.4, -0.2) is 7.85 Å². The molecule has 0 heterocycles. The first-order chi connectivity index (χ1) is 14.1. The van der Waals surface area contributed by atoms with Gasteiger partial charge in [-0.15, -0.1) is 0 Å². The fourth-order valence-electron chi connectivity index (χ4n) is 4.55. The van der Waals surface area contributed by atoms with E-state index in [1.54, 1.807) is 0 Å². The molecule has 0 N–H and O–H groups in total. The van der Waals surface area contributed by atoms with Crippen molar-refractivity contribution in [2.24, 2.45) is 0 Å². The average Bonchev–Trinajstić information content (AvgIpc) is 2.98. The lowest BCUT2D eigenvalue weighted by molar-refractivity contribution is 0.660. The Balaban J connectivity index is 1.69. The van der Waals surface area contributed by atoms with E-state index < -0.39 is 0 Å². The number of para-hydroxylation sites is 1. The summed E-state index contributed by atoms with van der Waals surface area (Å²) in [7, 11) is 2.13. The van der Waals surface area contributed by atoms with E-state index in [9.17, 15) is 0 Å². The molecule has 29 heavy (non-hydrogen) atoms. The van der Waals surface area contributed by atoms with Crippen LogP contribution in [0.3, 0.4) is 0 Å². The van der Waals surface area contributed by atoms with Crippen molar-refractivity contribution in [2.75, 3.05) is 4.90 Å². The van der Waals surface area contributed by atoms with Crippen molar-refractivity contribution >= 4 is 30.4 Å². The van der Waals surface area contributed by atoms with E-state index in [2.05, 4.69) is 124 Å². The Morgan fingerprint density at radius 2 is 1.17 bits per heavy atom. The molecule has 1 aliphatic rings. The van der Waals surface area contributed by atoms with Gasteiger partial charge in [-0.1, -0.05) is 80.0 Å². The molecule has 4 aromatic carbocycles. The van der Waals surface area contributed by atoms with Gasteiger partial charge in [0, 0.05) is 22.5 Å². The van der Waals surface area contributed by atoms with Crippen LogP contribution in [0.4, 0.5) is 17.1 Å². The number of anilines is 3. The first kappa shape index (κ1) is 17.8. The van der Waals surface area contributed by atoms with Crippen LogP contribution in [0.2, 0.25) is 0 Å². The molecule has 0 spiro atoms. The van der Waals surface area contributed by atoms with Crippen molar-refractivity contribution in [3.63, 3.8) is 0 Å². The minimum atomic E-state index is -0.00241. The van der Waals surface area contributed by atoms with Gasteiger partial charge in [0.15, 0.2) is 0 Å². The molecule has 1 nitrogen and oxygen atoms in total. The molecule has 0 saturated carbocycles. The zero-order valence-corrected chi connectivity index (χ0v) is 17.2. The van der Waals surface area contributed by atoms with Gasteiger partial charge in [-0.3, -0.25) is 0 Å². The Hall–Kier alpha value is -3.26. The molecule has 5 rings (SSSR count). The fourth-order valence-corrected chi connectivity index (χ4v) is 4.55. The highest BCUT2D eigenvalue weighted by Crippen LogP contribution is 2.50. The second-order valence-electron chi connectivity index (χ2n) is 8.41. The molecule has 0 fully saturated rings. The first-order valence-corrected chi connectivity index (χ1v) is 10.2. The van der Waals surface area contributed by atoms with Crippen molar-refractivity contribution in [3.05, 3.63) is 108 Å². The van der Waals surface area contributed by atoms with Crippen LogP contribution >= 0.6 is 0 Å². The van der Waals surface area contributed by atoms with Gasteiger partial charge in [-0.05, 0) is 58.7 Å². The smallest absolute Gasteiger partial charge is 0.139 e. The van der Waals surface area contributed by atoms with Crippen LogP contribution in [0.1, 0.15) is 25.0 Å². The molecule has 4 aromatic rings. The van der Waals surface area contributed by atoms with Crippen LogP contribution < -0.4 is 10.4 Å². The van der Waals surface area contributed by atoms with E-state index >= 15 is 0 Å². The maximum atomic E-state index is 2.38. The Kier molecular flexibility index (Phi) is 4.10. The van der Waals surface area contributed by atoms with Gasteiger partial charge >= 0.3 is 0 Å². The third-order valence-corrected chi connectivity index (χ3v) is 6.13. The van der Waals surface area contributed by atoms with Gasteiger partial charge in [0.05, 0.1) is 0 Å². The van der Waals surface area contributed by atoms with Crippen LogP contribution in [0, 0.1) is 0 Å². The van der Waals surface area contributed by atoms with Crippen molar-refractivity contribution < 1.29 is 0 Å². The van der Waals surface area contributed by atoms with Gasteiger partial charge in [0.1, 0.15) is 7.85 Å². The van der Waals surface area contributed by atoms with E-state index in [1.807, 2.05) is 0 Å². The van der Waals surface area contributed by atoms with Crippen LogP contribution in [0.25, 0.3) is 11.1 Å². The summed E-state index contributed by atoms with van der Waals surface area (Å²) >= 11 is 0. The van der Waals surface area contributed by atoms with Crippen LogP contribution in [0.5, 0.6) is 0 Å². The van der Waals surface area contributed by atoms with E-state index in [0.717, 1.165) is 0 Å². The van der Waals surface area contributed by atoms with Gasteiger partial charge in [0.2, 0.25) is 0 Å². The van der Waals surface area contributed by atoms with Gasteiger partial charge in [-0.25, -0.2) is 0 Å². The third-order valence-electron chi connectivity index (χ3n) is 6.13. The SMILES string of the molecule is Bc1ccc(N(c2ccccc2)c2ccc3c(c2)C(C)(C)c2ccccc2-3)cc1. The maximum Gasteiger partial charge on any atom is 0.139 e. The molecule has 1 aliphatic carbocycles. The van der Waals surface area contributed by atoms with Crippen LogP contribution in [0.15, 0.2) is 97.1 Å². The normalized spacial score (nSPS) is 13.6. The Bertz CT molecular complexity index is 1180. The average molecular weight is 373 g/mol. The quantitative estimate of drug-likeness (QED) is 0.415.